The highest BCUT2D eigenvalue weighted by molar-refractivity contribution is 6.76. The van der Waals surface area contributed by atoms with Crippen molar-refractivity contribution in [2.24, 2.45) is 5.92 Å². The molecule has 1 rings (SSSR count). The summed E-state index contributed by atoms with van der Waals surface area (Å²) >= 11 is 0. The number of amides is 1. The first-order valence-corrected chi connectivity index (χ1v) is 12.2. The van der Waals surface area contributed by atoms with Crippen LogP contribution in [0.2, 0.25) is 25.7 Å². The van der Waals surface area contributed by atoms with Crippen LogP contribution in [0.5, 0.6) is 0 Å². The Kier molecular flexibility index (Phi) is 8.33. The topological polar surface area (TPSA) is 50.4 Å². The number of rotatable bonds is 8. The highest BCUT2D eigenvalue weighted by Gasteiger charge is 2.19. The zero-order valence-corrected chi connectivity index (χ0v) is 15.3. The molecule has 0 spiro atoms. The molecule has 124 valence electrons. The molecule has 1 aliphatic rings. The quantitative estimate of drug-likeness (QED) is 0.673. The van der Waals surface area contributed by atoms with Gasteiger partial charge in [0, 0.05) is 20.7 Å². The van der Waals surface area contributed by atoms with E-state index in [0.717, 1.165) is 18.4 Å². The molecule has 1 aliphatic carbocycles. The molecule has 1 saturated carbocycles. The maximum Gasteiger partial charge on any atom is 0.407 e. The van der Waals surface area contributed by atoms with Gasteiger partial charge in [0.2, 0.25) is 0 Å². The largest absolute Gasteiger partial charge is 0.450 e. The second kappa shape index (κ2) is 9.46. The maximum absolute atomic E-state index is 11.7. The number of carbonyl (C=O) groups excluding carboxylic acids is 1. The smallest absolute Gasteiger partial charge is 0.407 e. The maximum atomic E-state index is 11.7. The molecular formula is C16H34N2O2Si. The van der Waals surface area contributed by atoms with Gasteiger partial charge in [-0.15, -0.1) is 0 Å². The van der Waals surface area contributed by atoms with Gasteiger partial charge in [-0.3, -0.25) is 0 Å². The Balaban J connectivity index is 2.16. The van der Waals surface area contributed by atoms with E-state index in [-0.39, 0.29) is 6.09 Å². The van der Waals surface area contributed by atoms with Crippen LogP contribution in [0.25, 0.3) is 0 Å². The first-order valence-electron chi connectivity index (χ1n) is 8.48. The van der Waals surface area contributed by atoms with Crippen molar-refractivity contribution in [1.82, 2.24) is 10.6 Å². The number of alkyl carbamates (subject to hydrolysis) is 1. The van der Waals surface area contributed by atoms with Crippen molar-refractivity contribution in [3.05, 3.63) is 0 Å². The molecule has 0 heterocycles. The second-order valence-electron chi connectivity index (χ2n) is 7.55. The Morgan fingerprint density at radius 1 is 1.24 bits per heavy atom. The van der Waals surface area contributed by atoms with Gasteiger partial charge in [-0.25, -0.2) is 4.79 Å². The monoisotopic (exact) mass is 314 g/mol. The van der Waals surface area contributed by atoms with Crippen LogP contribution < -0.4 is 10.6 Å². The summed E-state index contributed by atoms with van der Waals surface area (Å²) in [7, 11) is 0.855. The minimum absolute atomic E-state index is 0.267. The summed E-state index contributed by atoms with van der Waals surface area (Å²) in [5, 5.41) is 6.22. The van der Waals surface area contributed by atoms with E-state index in [1.807, 2.05) is 7.05 Å². The van der Waals surface area contributed by atoms with Crippen LogP contribution in [0.3, 0.4) is 0 Å². The zero-order chi connectivity index (χ0) is 15.7. The summed E-state index contributed by atoms with van der Waals surface area (Å²) in [6.45, 7) is 8.08. The minimum Gasteiger partial charge on any atom is -0.450 e. The summed E-state index contributed by atoms with van der Waals surface area (Å²) in [6.07, 6.45) is 7.71. The molecule has 0 bridgehead atoms. The predicted octanol–water partition coefficient (Wildman–Crippen LogP) is 3.61. The minimum atomic E-state index is -1.12. The fourth-order valence-corrected chi connectivity index (χ4v) is 3.55. The van der Waals surface area contributed by atoms with Crippen LogP contribution in [-0.2, 0) is 4.74 Å². The number of likely N-dealkylation sites (N-methyl/N-ethyl adjacent to an activating group) is 1. The summed E-state index contributed by atoms with van der Waals surface area (Å²) in [6, 6.07) is 1.38. The lowest BCUT2D eigenvalue weighted by Gasteiger charge is -2.26. The lowest BCUT2D eigenvalue weighted by atomic mass is 9.85. The summed E-state index contributed by atoms with van der Waals surface area (Å²) in [4.78, 5) is 11.7. The van der Waals surface area contributed by atoms with Gasteiger partial charge in [-0.05, 0) is 25.4 Å². The molecule has 1 atom stereocenters. The lowest BCUT2D eigenvalue weighted by molar-refractivity contribution is 0.150. The predicted molar refractivity (Wildman–Crippen MR) is 91.5 cm³/mol. The third-order valence-electron chi connectivity index (χ3n) is 4.33. The van der Waals surface area contributed by atoms with Crippen LogP contribution >= 0.6 is 0 Å². The fourth-order valence-electron chi connectivity index (χ4n) is 2.84. The van der Waals surface area contributed by atoms with E-state index in [0.29, 0.717) is 19.2 Å². The van der Waals surface area contributed by atoms with Crippen LogP contribution in [0.4, 0.5) is 4.79 Å². The van der Waals surface area contributed by atoms with Gasteiger partial charge < -0.3 is 15.4 Å². The van der Waals surface area contributed by atoms with Gasteiger partial charge in [0.15, 0.2) is 0 Å². The van der Waals surface area contributed by atoms with Crippen molar-refractivity contribution in [2.75, 3.05) is 20.2 Å². The Morgan fingerprint density at radius 3 is 2.48 bits per heavy atom. The third kappa shape index (κ3) is 9.14. The van der Waals surface area contributed by atoms with Gasteiger partial charge in [0.05, 0.1) is 6.61 Å². The SMILES string of the molecule is CN[C@H](CNC(=O)OCC[Si](C)(C)C)CC1CCCCC1. The third-order valence-corrected chi connectivity index (χ3v) is 6.03. The van der Waals surface area contributed by atoms with Crippen molar-refractivity contribution < 1.29 is 9.53 Å². The van der Waals surface area contributed by atoms with E-state index in [9.17, 15) is 4.79 Å². The van der Waals surface area contributed by atoms with Crippen LogP contribution in [0.15, 0.2) is 0 Å². The molecule has 0 aromatic heterocycles. The molecule has 0 aromatic rings. The Bertz CT molecular complexity index is 299. The molecule has 0 aromatic carbocycles. The molecule has 0 unspecified atom stereocenters. The standard InChI is InChI=1S/C16H34N2O2Si/c1-17-15(12-14-8-6-5-7-9-14)13-18-16(19)20-10-11-21(2,3)4/h14-15,17H,5-13H2,1-4H3,(H,18,19)/t15-/m0/s1. The number of hydrogen-bond donors (Lipinski definition) is 2. The van der Waals surface area contributed by atoms with E-state index in [1.54, 1.807) is 0 Å². The number of carbonyl (C=O) groups is 1. The van der Waals surface area contributed by atoms with Crippen molar-refractivity contribution in [3.8, 4) is 0 Å². The number of nitrogens with one attached hydrogen (secondary N) is 2. The molecule has 21 heavy (non-hydrogen) atoms. The lowest BCUT2D eigenvalue weighted by Crippen LogP contribution is -2.41. The van der Waals surface area contributed by atoms with Crippen LogP contribution in [-0.4, -0.2) is 40.4 Å². The summed E-state index contributed by atoms with van der Waals surface area (Å²) < 4.78 is 5.26. The first-order chi connectivity index (χ1) is 9.90. The number of ether oxygens (including phenoxy) is 1. The average molecular weight is 315 g/mol. The molecule has 4 nitrogen and oxygen atoms in total. The summed E-state index contributed by atoms with van der Waals surface area (Å²) in [5.41, 5.74) is 0. The molecule has 0 radical (unpaired) electrons. The second-order valence-corrected chi connectivity index (χ2v) is 13.2. The van der Waals surface area contributed by atoms with Gasteiger partial charge in [-0.1, -0.05) is 51.7 Å². The Morgan fingerprint density at radius 2 is 1.90 bits per heavy atom. The van der Waals surface area contributed by atoms with E-state index in [4.69, 9.17) is 4.74 Å². The van der Waals surface area contributed by atoms with Gasteiger partial charge >= 0.3 is 6.09 Å². The Hall–Kier alpha value is -0.553. The van der Waals surface area contributed by atoms with Gasteiger partial charge in [0.25, 0.3) is 0 Å². The van der Waals surface area contributed by atoms with Crippen molar-refractivity contribution in [3.63, 3.8) is 0 Å². The molecule has 5 heteroatoms. The first kappa shape index (κ1) is 18.5. The van der Waals surface area contributed by atoms with E-state index in [1.165, 1.54) is 32.1 Å². The highest BCUT2D eigenvalue weighted by atomic mass is 28.3. The molecule has 0 saturated heterocycles. The average Bonchev–Trinajstić information content (AvgIpc) is 2.43. The molecule has 1 amide bonds. The molecule has 1 fully saturated rings. The normalized spacial score (nSPS) is 18.3. The molecule has 2 N–H and O–H groups in total. The highest BCUT2D eigenvalue weighted by Crippen LogP contribution is 2.27. The van der Waals surface area contributed by atoms with E-state index >= 15 is 0 Å². The van der Waals surface area contributed by atoms with Crippen LogP contribution in [0.1, 0.15) is 38.5 Å². The van der Waals surface area contributed by atoms with Crippen LogP contribution in [0, 0.1) is 5.92 Å². The zero-order valence-electron chi connectivity index (χ0n) is 14.3. The Labute approximate surface area is 131 Å². The van der Waals surface area contributed by atoms with Crippen molar-refractivity contribution in [2.45, 2.75) is 70.3 Å². The molecule has 0 aliphatic heterocycles. The fraction of sp³-hybridized carbons (Fsp3) is 0.938. The van der Waals surface area contributed by atoms with Crippen molar-refractivity contribution >= 4 is 14.2 Å². The van der Waals surface area contributed by atoms with Gasteiger partial charge in [0.1, 0.15) is 0 Å². The molecular weight excluding hydrogens is 280 g/mol. The van der Waals surface area contributed by atoms with E-state index in [2.05, 4.69) is 30.3 Å². The number of hydrogen-bond acceptors (Lipinski definition) is 3. The van der Waals surface area contributed by atoms with Gasteiger partial charge in [-0.2, -0.15) is 0 Å². The van der Waals surface area contributed by atoms with Crippen molar-refractivity contribution in [1.29, 1.82) is 0 Å². The summed E-state index contributed by atoms with van der Waals surface area (Å²) in [5.74, 6) is 0.820. The van der Waals surface area contributed by atoms with E-state index < -0.39 is 8.07 Å².